The lowest BCUT2D eigenvalue weighted by atomic mass is 10.3. The lowest BCUT2D eigenvalue weighted by molar-refractivity contribution is 0.281. The molecule has 2 rings (SSSR count). The van der Waals surface area contributed by atoms with Gasteiger partial charge in [-0.05, 0) is 6.92 Å². The van der Waals surface area contributed by atoms with Crippen LogP contribution in [0.15, 0.2) is 17.8 Å². The summed E-state index contributed by atoms with van der Waals surface area (Å²) in [5.74, 6) is 0. The predicted molar refractivity (Wildman–Crippen MR) is 53.8 cm³/mol. The van der Waals surface area contributed by atoms with Crippen molar-refractivity contribution in [3.05, 3.63) is 28.5 Å². The number of rotatable bonds is 2. The van der Waals surface area contributed by atoms with Crippen LogP contribution < -0.4 is 0 Å². The van der Waals surface area contributed by atoms with Crippen LogP contribution in [-0.2, 0) is 6.61 Å². The Morgan fingerprint density at radius 2 is 2.14 bits per heavy atom. The Hall–Kier alpha value is -1.33. The first-order valence-electron chi connectivity index (χ1n) is 4.14. The van der Waals surface area contributed by atoms with Crippen molar-refractivity contribution in [3.63, 3.8) is 0 Å². The number of nitrogens with zero attached hydrogens (tertiary/aromatic N) is 3. The first kappa shape index (κ1) is 9.23. The van der Waals surface area contributed by atoms with E-state index < -0.39 is 0 Å². The van der Waals surface area contributed by atoms with Gasteiger partial charge in [0, 0.05) is 17.8 Å². The average Bonchev–Trinajstić information content (AvgIpc) is 2.67. The smallest absolute Gasteiger partial charge is 0.119 e. The van der Waals surface area contributed by atoms with E-state index in [-0.39, 0.29) is 6.61 Å². The van der Waals surface area contributed by atoms with Crippen LogP contribution in [0, 0.1) is 6.92 Å². The zero-order chi connectivity index (χ0) is 9.97. The summed E-state index contributed by atoms with van der Waals surface area (Å²) in [6.45, 7) is 1.87. The van der Waals surface area contributed by atoms with Gasteiger partial charge in [-0.25, -0.2) is 4.98 Å². The summed E-state index contributed by atoms with van der Waals surface area (Å²) in [5.41, 5.74) is 2.41. The molecule has 5 heteroatoms. The van der Waals surface area contributed by atoms with Gasteiger partial charge in [-0.3, -0.25) is 9.97 Å². The van der Waals surface area contributed by atoms with Crippen LogP contribution in [-0.4, -0.2) is 20.1 Å². The maximum atomic E-state index is 8.88. The highest BCUT2D eigenvalue weighted by molar-refractivity contribution is 7.09. The molecule has 1 N–H and O–H groups in total. The standard InChI is InChI=1S/C9H9N3OS/c1-6-9(11-3-2-10-6)7-5-14-8(4-13)12-7/h2-3,5,13H,4H2,1H3. The Balaban J connectivity index is 2.44. The number of aromatic nitrogens is 3. The van der Waals surface area contributed by atoms with Crippen molar-refractivity contribution in [1.29, 1.82) is 0 Å². The molecule has 0 saturated carbocycles. The molecule has 0 unspecified atom stereocenters. The number of hydrogen-bond donors (Lipinski definition) is 1. The fourth-order valence-corrected chi connectivity index (χ4v) is 1.79. The minimum absolute atomic E-state index is 0.0238. The van der Waals surface area contributed by atoms with Gasteiger partial charge in [-0.1, -0.05) is 0 Å². The van der Waals surface area contributed by atoms with Gasteiger partial charge in [0.1, 0.15) is 16.4 Å². The number of aliphatic hydroxyl groups excluding tert-OH is 1. The van der Waals surface area contributed by atoms with Crippen LogP contribution >= 0.6 is 11.3 Å². The van der Waals surface area contributed by atoms with Crippen LogP contribution in [0.25, 0.3) is 11.4 Å². The number of hydrogen-bond acceptors (Lipinski definition) is 5. The Bertz CT molecular complexity index is 441. The van der Waals surface area contributed by atoms with E-state index in [0.29, 0.717) is 5.01 Å². The average molecular weight is 207 g/mol. The quantitative estimate of drug-likeness (QED) is 0.808. The van der Waals surface area contributed by atoms with Gasteiger partial charge in [-0.2, -0.15) is 0 Å². The van der Waals surface area contributed by atoms with Gasteiger partial charge < -0.3 is 5.11 Å². The van der Waals surface area contributed by atoms with E-state index in [1.165, 1.54) is 11.3 Å². The molecule has 14 heavy (non-hydrogen) atoms. The van der Waals surface area contributed by atoms with Gasteiger partial charge >= 0.3 is 0 Å². The molecule has 0 bridgehead atoms. The topological polar surface area (TPSA) is 58.9 Å². The SMILES string of the molecule is Cc1nccnc1-c1csc(CO)n1. The van der Waals surface area contributed by atoms with Crippen LogP contribution in [0.1, 0.15) is 10.7 Å². The molecule has 0 atom stereocenters. The Morgan fingerprint density at radius 1 is 1.36 bits per heavy atom. The third-order valence-corrected chi connectivity index (χ3v) is 2.64. The van der Waals surface area contributed by atoms with Gasteiger partial charge in [0.2, 0.25) is 0 Å². The molecule has 0 saturated heterocycles. The third kappa shape index (κ3) is 1.64. The second-order valence-electron chi connectivity index (χ2n) is 2.77. The number of aliphatic hydroxyl groups is 1. The predicted octanol–water partition coefficient (Wildman–Crippen LogP) is 1.40. The largest absolute Gasteiger partial charge is 0.389 e. The van der Waals surface area contributed by atoms with Crippen molar-refractivity contribution in [3.8, 4) is 11.4 Å². The highest BCUT2D eigenvalue weighted by Crippen LogP contribution is 2.21. The van der Waals surface area contributed by atoms with E-state index in [1.807, 2.05) is 12.3 Å². The van der Waals surface area contributed by atoms with Crippen molar-refractivity contribution < 1.29 is 5.11 Å². The minimum Gasteiger partial charge on any atom is -0.389 e. The van der Waals surface area contributed by atoms with Crippen molar-refractivity contribution in [2.45, 2.75) is 13.5 Å². The Labute approximate surface area is 85.3 Å². The lowest BCUT2D eigenvalue weighted by Gasteiger charge is -1.97. The molecule has 0 radical (unpaired) electrons. The molecule has 0 aromatic carbocycles. The molecule has 2 heterocycles. The fourth-order valence-electron chi connectivity index (χ4n) is 1.15. The lowest BCUT2D eigenvalue weighted by Crippen LogP contribution is -1.91. The summed E-state index contributed by atoms with van der Waals surface area (Å²) in [5, 5.41) is 11.5. The molecule has 4 nitrogen and oxygen atoms in total. The van der Waals surface area contributed by atoms with Crippen molar-refractivity contribution in [2.75, 3.05) is 0 Å². The molecule has 0 fully saturated rings. The van der Waals surface area contributed by atoms with Gasteiger partial charge in [0.05, 0.1) is 12.3 Å². The van der Waals surface area contributed by atoms with Gasteiger partial charge in [0.15, 0.2) is 0 Å². The van der Waals surface area contributed by atoms with Gasteiger partial charge in [-0.15, -0.1) is 11.3 Å². The van der Waals surface area contributed by atoms with Crippen molar-refractivity contribution >= 4 is 11.3 Å². The Morgan fingerprint density at radius 3 is 2.79 bits per heavy atom. The highest BCUT2D eigenvalue weighted by atomic mass is 32.1. The van der Waals surface area contributed by atoms with E-state index in [4.69, 9.17) is 5.11 Å². The monoisotopic (exact) mass is 207 g/mol. The molecule has 0 amide bonds. The van der Waals surface area contributed by atoms with Crippen molar-refractivity contribution in [1.82, 2.24) is 15.0 Å². The molecule has 0 spiro atoms. The Kier molecular flexibility index (Phi) is 2.51. The zero-order valence-corrected chi connectivity index (χ0v) is 8.45. The zero-order valence-electron chi connectivity index (χ0n) is 7.64. The van der Waals surface area contributed by atoms with E-state index in [1.54, 1.807) is 12.4 Å². The van der Waals surface area contributed by atoms with E-state index >= 15 is 0 Å². The highest BCUT2D eigenvalue weighted by Gasteiger charge is 2.07. The minimum atomic E-state index is -0.0238. The van der Waals surface area contributed by atoms with Crippen LogP contribution in [0.2, 0.25) is 0 Å². The molecular weight excluding hydrogens is 198 g/mol. The summed E-state index contributed by atoms with van der Waals surface area (Å²) in [6.07, 6.45) is 3.29. The van der Waals surface area contributed by atoms with E-state index in [2.05, 4.69) is 15.0 Å². The fraction of sp³-hybridized carbons (Fsp3) is 0.222. The molecule has 0 aliphatic heterocycles. The van der Waals surface area contributed by atoms with Crippen LogP contribution in [0.5, 0.6) is 0 Å². The first-order chi connectivity index (χ1) is 6.81. The molecule has 2 aromatic heterocycles. The second-order valence-corrected chi connectivity index (χ2v) is 3.72. The molecule has 72 valence electrons. The summed E-state index contributed by atoms with van der Waals surface area (Å²) in [6, 6.07) is 0. The summed E-state index contributed by atoms with van der Waals surface area (Å²) >= 11 is 1.42. The number of thiazole rings is 1. The van der Waals surface area contributed by atoms with E-state index in [0.717, 1.165) is 17.1 Å². The first-order valence-corrected chi connectivity index (χ1v) is 5.02. The van der Waals surface area contributed by atoms with Crippen molar-refractivity contribution in [2.24, 2.45) is 0 Å². The van der Waals surface area contributed by atoms with Crippen LogP contribution in [0.4, 0.5) is 0 Å². The van der Waals surface area contributed by atoms with Crippen LogP contribution in [0.3, 0.4) is 0 Å². The summed E-state index contributed by atoms with van der Waals surface area (Å²) < 4.78 is 0. The maximum absolute atomic E-state index is 8.88. The molecular formula is C9H9N3OS. The number of aryl methyl sites for hydroxylation is 1. The van der Waals surface area contributed by atoms with E-state index in [9.17, 15) is 0 Å². The molecule has 0 aliphatic carbocycles. The summed E-state index contributed by atoms with van der Waals surface area (Å²) in [4.78, 5) is 12.6. The normalized spacial score (nSPS) is 10.4. The summed E-state index contributed by atoms with van der Waals surface area (Å²) in [7, 11) is 0. The second kappa shape index (κ2) is 3.81. The molecule has 0 aliphatic rings. The maximum Gasteiger partial charge on any atom is 0.119 e. The van der Waals surface area contributed by atoms with Gasteiger partial charge in [0.25, 0.3) is 0 Å². The third-order valence-electron chi connectivity index (χ3n) is 1.81. The molecule has 2 aromatic rings.